The number of alkyl carbamates (subject to hydrolysis) is 1. The van der Waals surface area contributed by atoms with Gasteiger partial charge >= 0.3 is 6.09 Å². The van der Waals surface area contributed by atoms with Crippen LogP contribution < -0.4 is 10.6 Å². The Morgan fingerprint density at radius 3 is 2.75 bits per heavy atom. The molecular weight excluding hydrogens is 256 g/mol. The van der Waals surface area contributed by atoms with Crippen molar-refractivity contribution in [2.24, 2.45) is 0 Å². The summed E-state index contributed by atoms with van der Waals surface area (Å²) < 4.78 is 5.16. The van der Waals surface area contributed by atoms with Crippen LogP contribution in [-0.4, -0.2) is 34.8 Å². The van der Waals surface area contributed by atoms with Crippen molar-refractivity contribution >= 4 is 6.09 Å². The number of hydrogen-bond donors (Lipinski definition) is 3. The summed E-state index contributed by atoms with van der Waals surface area (Å²) in [5, 5.41) is 6.15. The molecule has 0 fully saturated rings. The number of rotatable bonds is 7. The first-order valence-electron chi connectivity index (χ1n) is 7.12. The van der Waals surface area contributed by atoms with Gasteiger partial charge in [0, 0.05) is 18.9 Å². The van der Waals surface area contributed by atoms with E-state index in [2.05, 4.69) is 27.5 Å². The van der Waals surface area contributed by atoms with E-state index in [4.69, 9.17) is 4.74 Å². The molecule has 114 valence electrons. The molecule has 0 bridgehead atoms. The number of ether oxygens (including phenoxy) is 1. The fourth-order valence-corrected chi connectivity index (χ4v) is 1.77. The lowest BCUT2D eigenvalue weighted by Crippen LogP contribution is -2.34. The van der Waals surface area contributed by atoms with Crippen LogP contribution in [0.4, 0.5) is 4.79 Å². The Balaban J connectivity index is 2.14. The van der Waals surface area contributed by atoms with Gasteiger partial charge in [-0.25, -0.2) is 9.78 Å². The second-order valence-corrected chi connectivity index (χ2v) is 5.67. The second-order valence-electron chi connectivity index (χ2n) is 5.67. The molecule has 0 radical (unpaired) electrons. The van der Waals surface area contributed by atoms with Crippen molar-refractivity contribution in [3.05, 3.63) is 18.2 Å². The number of carbonyl (C=O) groups excluding carboxylic acids is 1. The van der Waals surface area contributed by atoms with Gasteiger partial charge in [0.25, 0.3) is 0 Å². The molecule has 1 atom stereocenters. The maximum atomic E-state index is 11.4. The van der Waals surface area contributed by atoms with Crippen LogP contribution >= 0.6 is 0 Å². The van der Waals surface area contributed by atoms with Crippen molar-refractivity contribution in [2.75, 3.05) is 13.1 Å². The van der Waals surface area contributed by atoms with Crippen LogP contribution in [0, 0.1) is 0 Å². The highest BCUT2D eigenvalue weighted by molar-refractivity contribution is 5.67. The molecule has 1 aromatic heterocycles. The maximum Gasteiger partial charge on any atom is 0.407 e. The highest BCUT2D eigenvalue weighted by atomic mass is 16.6. The number of nitrogens with one attached hydrogen (secondary N) is 3. The highest BCUT2D eigenvalue weighted by Gasteiger charge is 2.15. The number of H-pyrrole nitrogens is 1. The van der Waals surface area contributed by atoms with Gasteiger partial charge in [0.15, 0.2) is 0 Å². The average molecular weight is 282 g/mol. The predicted molar refractivity (Wildman–Crippen MR) is 78.5 cm³/mol. The van der Waals surface area contributed by atoms with Gasteiger partial charge in [-0.2, -0.15) is 0 Å². The van der Waals surface area contributed by atoms with Crippen LogP contribution in [0.3, 0.4) is 0 Å². The highest BCUT2D eigenvalue weighted by Crippen LogP contribution is 2.10. The summed E-state index contributed by atoms with van der Waals surface area (Å²) in [5.41, 5.74) is -0.449. The molecule has 1 unspecified atom stereocenters. The Labute approximate surface area is 120 Å². The van der Waals surface area contributed by atoms with Gasteiger partial charge in [-0.3, -0.25) is 0 Å². The number of carbonyl (C=O) groups is 1. The lowest BCUT2D eigenvalue weighted by Gasteiger charge is -2.20. The summed E-state index contributed by atoms with van der Waals surface area (Å²) in [7, 11) is 0. The van der Waals surface area contributed by atoms with Gasteiger partial charge in [-0.05, 0) is 40.2 Å². The molecule has 3 N–H and O–H groups in total. The smallest absolute Gasteiger partial charge is 0.407 e. The summed E-state index contributed by atoms with van der Waals surface area (Å²) >= 11 is 0. The minimum Gasteiger partial charge on any atom is -0.444 e. The number of aromatic nitrogens is 2. The molecular formula is C14H26N4O2. The third-order valence-corrected chi connectivity index (χ3v) is 2.67. The van der Waals surface area contributed by atoms with Crippen LogP contribution in [0.15, 0.2) is 12.4 Å². The first-order chi connectivity index (χ1) is 9.42. The normalized spacial score (nSPS) is 13.0. The summed E-state index contributed by atoms with van der Waals surface area (Å²) in [6, 6.07) is 0.228. The third-order valence-electron chi connectivity index (χ3n) is 2.67. The van der Waals surface area contributed by atoms with Gasteiger partial charge in [0.2, 0.25) is 0 Å². The fourth-order valence-electron chi connectivity index (χ4n) is 1.77. The van der Waals surface area contributed by atoms with Gasteiger partial charge in [-0.1, -0.05) is 6.92 Å². The van der Waals surface area contributed by atoms with Crippen LogP contribution in [0.25, 0.3) is 0 Å². The molecule has 0 aliphatic rings. The van der Waals surface area contributed by atoms with Crippen LogP contribution in [-0.2, 0) is 4.74 Å². The molecule has 0 aliphatic carbocycles. The van der Waals surface area contributed by atoms with E-state index in [1.54, 1.807) is 6.20 Å². The van der Waals surface area contributed by atoms with E-state index in [-0.39, 0.29) is 12.1 Å². The topological polar surface area (TPSA) is 79.0 Å². The zero-order chi connectivity index (χ0) is 15.0. The standard InChI is InChI=1S/C14H26N4O2/c1-5-11(12-16-9-10-17-12)15-7-6-8-18-13(19)20-14(2,3)4/h9-11,15H,5-8H2,1-4H3,(H,16,17)(H,18,19). The molecule has 0 saturated carbocycles. The number of hydrogen-bond acceptors (Lipinski definition) is 4. The largest absolute Gasteiger partial charge is 0.444 e. The lowest BCUT2D eigenvalue weighted by atomic mass is 10.2. The molecule has 6 heteroatoms. The minimum absolute atomic E-state index is 0.228. The molecule has 0 aliphatic heterocycles. The zero-order valence-corrected chi connectivity index (χ0v) is 12.8. The number of aromatic amines is 1. The van der Waals surface area contributed by atoms with E-state index >= 15 is 0 Å². The van der Waals surface area contributed by atoms with E-state index < -0.39 is 5.60 Å². The SMILES string of the molecule is CCC(NCCCNC(=O)OC(C)(C)C)c1ncc[nH]1. The average Bonchev–Trinajstić information content (AvgIpc) is 2.85. The molecule has 1 rings (SSSR count). The van der Waals surface area contributed by atoms with Gasteiger partial charge in [0.1, 0.15) is 11.4 Å². The van der Waals surface area contributed by atoms with E-state index in [0.29, 0.717) is 6.54 Å². The van der Waals surface area contributed by atoms with Crippen molar-refractivity contribution in [2.45, 2.75) is 52.2 Å². The first-order valence-corrected chi connectivity index (χ1v) is 7.12. The van der Waals surface area contributed by atoms with Crippen LogP contribution in [0.2, 0.25) is 0 Å². The molecule has 0 aromatic carbocycles. The summed E-state index contributed by atoms with van der Waals surface area (Å²) in [5.74, 6) is 0.951. The van der Waals surface area contributed by atoms with E-state index in [0.717, 1.165) is 25.2 Å². The molecule has 6 nitrogen and oxygen atoms in total. The summed E-state index contributed by atoms with van der Waals surface area (Å²) in [6.07, 6.45) is 5.02. The van der Waals surface area contributed by atoms with Crippen LogP contribution in [0.1, 0.15) is 52.4 Å². The molecule has 0 spiro atoms. The zero-order valence-electron chi connectivity index (χ0n) is 12.8. The van der Waals surface area contributed by atoms with Gasteiger partial charge in [0.05, 0.1) is 6.04 Å². The molecule has 1 aromatic rings. The first kappa shape index (κ1) is 16.5. The maximum absolute atomic E-state index is 11.4. The van der Waals surface area contributed by atoms with Crippen molar-refractivity contribution in [1.29, 1.82) is 0 Å². The Bertz CT molecular complexity index is 384. The number of nitrogens with zero attached hydrogens (tertiary/aromatic N) is 1. The molecule has 1 heterocycles. The second kappa shape index (κ2) is 7.89. The van der Waals surface area contributed by atoms with Crippen molar-refractivity contribution in [3.8, 4) is 0 Å². The van der Waals surface area contributed by atoms with Gasteiger partial charge < -0.3 is 20.4 Å². The Morgan fingerprint density at radius 1 is 1.45 bits per heavy atom. The Kier molecular flexibility index (Phi) is 6.51. The van der Waals surface area contributed by atoms with Crippen molar-refractivity contribution in [1.82, 2.24) is 20.6 Å². The number of amides is 1. The van der Waals surface area contributed by atoms with E-state index in [1.807, 2.05) is 27.0 Å². The van der Waals surface area contributed by atoms with Crippen molar-refractivity contribution < 1.29 is 9.53 Å². The Hall–Kier alpha value is -1.56. The van der Waals surface area contributed by atoms with E-state index in [9.17, 15) is 4.79 Å². The van der Waals surface area contributed by atoms with Crippen molar-refractivity contribution in [3.63, 3.8) is 0 Å². The molecule has 1 amide bonds. The third kappa shape index (κ3) is 6.56. The predicted octanol–water partition coefficient (Wildman–Crippen LogP) is 2.37. The molecule has 20 heavy (non-hydrogen) atoms. The van der Waals surface area contributed by atoms with Gasteiger partial charge in [-0.15, -0.1) is 0 Å². The van der Waals surface area contributed by atoms with E-state index in [1.165, 1.54) is 0 Å². The molecule has 0 saturated heterocycles. The monoisotopic (exact) mass is 282 g/mol. The number of imidazole rings is 1. The fraction of sp³-hybridized carbons (Fsp3) is 0.714. The lowest BCUT2D eigenvalue weighted by molar-refractivity contribution is 0.0527. The quantitative estimate of drug-likeness (QED) is 0.671. The Morgan fingerprint density at radius 2 is 2.20 bits per heavy atom. The minimum atomic E-state index is -0.449. The van der Waals surface area contributed by atoms with Crippen LogP contribution in [0.5, 0.6) is 0 Å². The summed E-state index contributed by atoms with van der Waals surface area (Å²) in [4.78, 5) is 18.8. The summed E-state index contributed by atoms with van der Waals surface area (Å²) in [6.45, 7) is 9.07.